The number of nitriles is 1. The molecule has 5 aromatic rings. The first-order valence-corrected chi connectivity index (χ1v) is 20.1. The predicted octanol–water partition coefficient (Wildman–Crippen LogP) is 9.70. The van der Waals surface area contributed by atoms with E-state index in [0.29, 0.717) is 50.9 Å². The van der Waals surface area contributed by atoms with Gasteiger partial charge in [0.1, 0.15) is 11.6 Å². The number of pyridine rings is 1. The second-order valence-corrected chi connectivity index (χ2v) is 16.8. The van der Waals surface area contributed by atoms with E-state index in [1.165, 1.54) is 36.4 Å². The van der Waals surface area contributed by atoms with Gasteiger partial charge in [-0.05, 0) is 106 Å². The summed E-state index contributed by atoms with van der Waals surface area (Å²) in [7, 11) is 0. The van der Waals surface area contributed by atoms with Crippen LogP contribution in [0, 0.1) is 41.8 Å². The van der Waals surface area contributed by atoms with Crippen LogP contribution in [0.2, 0.25) is 10.0 Å². The quantitative estimate of drug-likeness (QED) is 0.166. The Bertz CT molecular complexity index is 2480. The summed E-state index contributed by atoms with van der Waals surface area (Å²) in [5.74, 6) is -0.411. The van der Waals surface area contributed by atoms with Gasteiger partial charge < -0.3 is 20.1 Å². The highest BCUT2D eigenvalue weighted by Crippen LogP contribution is 2.50. The number of fused-ring (bicyclic) bond motifs is 6. The van der Waals surface area contributed by atoms with Crippen molar-refractivity contribution in [3.63, 3.8) is 0 Å². The van der Waals surface area contributed by atoms with E-state index >= 15 is 4.39 Å². The van der Waals surface area contributed by atoms with Crippen molar-refractivity contribution in [2.24, 2.45) is 17.8 Å². The Balaban J connectivity index is 0.000000637. The van der Waals surface area contributed by atoms with E-state index in [0.717, 1.165) is 36.9 Å². The number of hydrogen-bond donors (Lipinski definition) is 2. The highest BCUT2D eigenvalue weighted by atomic mass is 35.5. The third-order valence-electron chi connectivity index (χ3n) is 12.3. The Hall–Kier alpha value is -4.70. The maximum atomic E-state index is 16.7. The molecule has 2 aliphatic carbocycles. The van der Waals surface area contributed by atoms with Gasteiger partial charge in [0.25, 0.3) is 0 Å². The minimum absolute atomic E-state index is 0.0971. The molecule has 6 fully saturated rings. The van der Waals surface area contributed by atoms with Crippen molar-refractivity contribution in [3.05, 3.63) is 93.0 Å². The molecule has 14 heteroatoms. The van der Waals surface area contributed by atoms with Gasteiger partial charge in [-0.25, -0.2) is 9.37 Å². The molecule has 6 heterocycles. The lowest BCUT2D eigenvalue weighted by atomic mass is 9.87. The minimum Gasteiger partial charge on any atom is -0.356 e. The number of aromatic nitrogens is 2. The molecule has 0 radical (unpaired) electrons. The van der Waals surface area contributed by atoms with Crippen LogP contribution in [0.5, 0.6) is 0 Å². The molecule has 4 saturated heterocycles. The molecular formula is C43H38Cl2F4N6O2. The van der Waals surface area contributed by atoms with Gasteiger partial charge in [-0.1, -0.05) is 35.3 Å². The normalized spacial score (nSPS) is 23.8. The number of likely N-dealkylation sites (tertiary alicyclic amines) is 1. The van der Waals surface area contributed by atoms with Gasteiger partial charge in [0.2, 0.25) is 11.8 Å². The molecular weight excluding hydrogens is 779 g/mol. The Labute approximate surface area is 336 Å². The zero-order valence-electron chi connectivity index (χ0n) is 30.9. The fraction of sp³-hybridized carbons (Fsp3) is 0.395. The molecule has 4 aliphatic heterocycles. The molecule has 3 unspecified atom stereocenters. The van der Waals surface area contributed by atoms with Crippen LogP contribution in [0.3, 0.4) is 0 Å². The molecule has 3 aromatic carbocycles. The summed E-state index contributed by atoms with van der Waals surface area (Å²) in [4.78, 5) is 39.2. The zero-order chi connectivity index (χ0) is 39.9. The number of rotatable bonds is 6. The monoisotopic (exact) mass is 816 g/mol. The summed E-state index contributed by atoms with van der Waals surface area (Å²) >= 11 is 12.9. The van der Waals surface area contributed by atoms with Gasteiger partial charge in [0.15, 0.2) is 5.82 Å². The molecule has 3 atom stereocenters. The Morgan fingerprint density at radius 3 is 2.44 bits per heavy atom. The molecule has 6 aliphatic rings. The number of halogens is 6. The summed E-state index contributed by atoms with van der Waals surface area (Å²) in [6, 6.07) is 14.9. The third-order valence-corrected chi connectivity index (χ3v) is 13.2. The van der Waals surface area contributed by atoms with E-state index in [1.54, 1.807) is 30.0 Å². The number of aryl methyl sites for hydroxylation is 2. The summed E-state index contributed by atoms with van der Waals surface area (Å²) in [6.07, 6.45) is 0.645. The number of amides is 2. The summed E-state index contributed by atoms with van der Waals surface area (Å²) in [6.45, 7) is 3.28. The van der Waals surface area contributed by atoms with Gasteiger partial charge in [0.05, 0.1) is 33.2 Å². The smallest absolute Gasteiger partial charge is 0.356 e. The third kappa shape index (κ3) is 6.61. The lowest BCUT2D eigenvalue weighted by Gasteiger charge is -2.32. The van der Waals surface area contributed by atoms with Gasteiger partial charge >= 0.3 is 6.18 Å². The van der Waals surface area contributed by atoms with E-state index < -0.39 is 29.6 Å². The number of nitrogens with one attached hydrogen (secondary N) is 2. The lowest BCUT2D eigenvalue weighted by Crippen LogP contribution is -2.49. The van der Waals surface area contributed by atoms with Crippen LogP contribution in [-0.4, -0.2) is 51.9 Å². The molecule has 2 saturated carbocycles. The highest BCUT2D eigenvalue weighted by molar-refractivity contribution is 6.43. The molecule has 2 N–H and O–H groups in total. The average molecular weight is 818 g/mol. The summed E-state index contributed by atoms with van der Waals surface area (Å²) < 4.78 is 56.6. The largest absolute Gasteiger partial charge is 0.416 e. The van der Waals surface area contributed by atoms with Gasteiger partial charge in [-0.3, -0.25) is 9.59 Å². The van der Waals surface area contributed by atoms with E-state index in [9.17, 15) is 28.0 Å². The van der Waals surface area contributed by atoms with Crippen LogP contribution < -0.4 is 10.2 Å². The predicted molar refractivity (Wildman–Crippen MR) is 210 cm³/mol. The molecule has 294 valence electrons. The fourth-order valence-electron chi connectivity index (χ4n) is 9.28. The number of nitrogens with zero attached hydrogens (tertiary/aromatic N) is 4. The second kappa shape index (κ2) is 14.3. The molecule has 2 aromatic heterocycles. The minimum atomic E-state index is -4.52. The molecule has 4 bridgehead atoms. The highest BCUT2D eigenvalue weighted by Gasteiger charge is 2.55. The van der Waals surface area contributed by atoms with Crippen molar-refractivity contribution >= 4 is 62.5 Å². The number of H-pyrrole nitrogens is 1. The lowest BCUT2D eigenvalue weighted by molar-refractivity contribution is -0.140. The SMILES string of the molecule is C1NC2CC1C2.Cc1nc2c(F)c(-c3cccc(Cl)c3Cl)c(CCC#N)cc2c2[nH]c(C3C4CC(C(=O)N(c5ccc(C(F)(F)F)cc5)C4)N3C(=O)C3CC3)cc12. The fourth-order valence-corrected chi connectivity index (χ4v) is 9.67. The van der Waals surface area contributed by atoms with Gasteiger partial charge in [-0.2, -0.15) is 18.4 Å². The number of piperidine rings is 1. The summed E-state index contributed by atoms with van der Waals surface area (Å²) in [5.41, 5.74) is 2.57. The number of alkyl halides is 3. The van der Waals surface area contributed by atoms with Crippen LogP contribution in [-0.2, 0) is 22.2 Å². The van der Waals surface area contributed by atoms with Crippen LogP contribution in [0.25, 0.3) is 32.9 Å². The molecule has 0 spiro atoms. The first kappa shape index (κ1) is 37.9. The first-order chi connectivity index (χ1) is 27.3. The van der Waals surface area contributed by atoms with Crippen molar-refractivity contribution in [1.82, 2.24) is 20.2 Å². The standard InChI is InChI=1S/C38H29Cl2F4N5O2.C5H9N/c1-18-25-16-28(47-33(25)26-14-20(4-3-13-45)30(32(41)34(26)46-18)24-5-2-6-27(39)31(24)40)35-21-15-29(49(35)36(50)19-7-8-19)37(51)48(17-21)23-11-9-22(10-12-23)38(42,43)44;1-4-2-5(1)6-3-4/h2,5-6,9-12,14,16,19,21,29,35,47H,3-4,7-8,15,17H2,1H3;4-6H,1-3H2. The van der Waals surface area contributed by atoms with Crippen LogP contribution in [0.1, 0.15) is 67.1 Å². The van der Waals surface area contributed by atoms with E-state index in [2.05, 4.69) is 16.4 Å². The van der Waals surface area contributed by atoms with Crippen molar-refractivity contribution in [3.8, 4) is 17.2 Å². The molecule has 11 rings (SSSR count). The zero-order valence-corrected chi connectivity index (χ0v) is 32.4. The average Bonchev–Trinajstić information content (AvgIpc) is 3.48. The number of carbonyl (C=O) groups excluding carboxylic acids is 2. The number of hydrogen-bond acceptors (Lipinski definition) is 5. The van der Waals surface area contributed by atoms with E-state index in [1.807, 2.05) is 12.1 Å². The molecule has 57 heavy (non-hydrogen) atoms. The number of aromatic amines is 1. The Morgan fingerprint density at radius 2 is 1.81 bits per heavy atom. The maximum Gasteiger partial charge on any atom is 0.416 e. The molecule has 2 amide bonds. The second-order valence-electron chi connectivity index (χ2n) is 16.0. The number of anilines is 1. The van der Waals surface area contributed by atoms with Crippen LogP contribution in [0.15, 0.2) is 54.6 Å². The van der Waals surface area contributed by atoms with Crippen molar-refractivity contribution in [2.45, 2.75) is 76.2 Å². The van der Waals surface area contributed by atoms with Gasteiger partial charge in [0, 0.05) is 69.8 Å². The van der Waals surface area contributed by atoms with Crippen molar-refractivity contribution < 1.29 is 27.2 Å². The van der Waals surface area contributed by atoms with Crippen LogP contribution >= 0.6 is 23.2 Å². The van der Waals surface area contributed by atoms with Crippen molar-refractivity contribution in [1.29, 1.82) is 5.26 Å². The Kier molecular flexibility index (Phi) is 9.49. The number of carbonyl (C=O) groups is 2. The van der Waals surface area contributed by atoms with Crippen molar-refractivity contribution in [2.75, 3.05) is 18.0 Å². The first-order valence-electron chi connectivity index (χ1n) is 19.3. The number of benzene rings is 3. The maximum absolute atomic E-state index is 16.7. The van der Waals surface area contributed by atoms with Gasteiger partial charge in [-0.15, -0.1) is 0 Å². The van der Waals surface area contributed by atoms with E-state index in [4.69, 9.17) is 28.2 Å². The molecule has 8 nitrogen and oxygen atoms in total. The van der Waals surface area contributed by atoms with E-state index in [-0.39, 0.29) is 64.2 Å². The van der Waals surface area contributed by atoms with Crippen LogP contribution in [0.4, 0.5) is 23.2 Å². The topological polar surface area (TPSA) is 105 Å². The summed E-state index contributed by atoms with van der Waals surface area (Å²) in [5, 5.41) is 14.5. The Morgan fingerprint density at radius 1 is 1.05 bits per heavy atom.